The molecule has 0 aromatic heterocycles. The molecular weight excluding hydrogens is 305 g/mol. The van der Waals surface area contributed by atoms with Crippen LogP contribution in [0, 0.1) is 0 Å². The van der Waals surface area contributed by atoms with Crippen LogP contribution < -0.4 is 5.32 Å². The molecule has 1 aromatic rings. The number of hydrogen-bond donors (Lipinski definition) is 1. The number of benzene rings is 1. The van der Waals surface area contributed by atoms with Crippen LogP contribution in [0.25, 0.3) is 0 Å². The third-order valence-electron chi connectivity index (χ3n) is 2.87. The van der Waals surface area contributed by atoms with Crippen molar-refractivity contribution in [3.63, 3.8) is 0 Å². The third-order valence-corrected chi connectivity index (χ3v) is 4.69. The minimum absolute atomic E-state index is 0.138. The van der Waals surface area contributed by atoms with Crippen LogP contribution in [-0.4, -0.2) is 45.6 Å². The highest BCUT2D eigenvalue weighted by molar-refractivity contribution is 7.89. The maximum absolute atomic E-state index is 12.3. The molecule has 120 valence electrons. The third kappa shape index (κ3) is 5.64. The van der Waals surface area contributed by atoms with E-state index in [9.17, 15) is 21.6 Å². The summed E-state index contributed by atoms with van der Waals surface area (Å²) in [6.45, 7) is 2.08. The van der Waals surface area contributed by atoms with E-state index < -0.39 is 22.7 Å². The highest BCUT2D eigenvalue weighted by atomic mass is 32.2. The second kappa shape index (κ2) is 7.24. The first kappa shape index (κ1) is 17.9. The van der Waals surface area contributed by atoms with Crippen molar-refractivity contribution in [2.45, 2.75) is 24.4 Å². The second-order valence-electron chi connectivity index (χ2n) is 4.62. The number of nitrogens with zero attached hydrogens (tertiary/aromatic N) is 1. The summed E-state index contributed by atoms with van der Waals surface area (Å²) in [5.74, 6) is 0. The van der Waals surface area contributed by atoms with Crippen molar-refractivity contribution in [1.29, 1.82) is 0 Å². The van der Waals surface area contributed by atoms with Crippen LogP contribution in [0.4, 0.5) is 13.2 Å². The Morgan fingerprint density at radius 3 is 2.24 bits per heavy atom. The highest BCUT2D eigenvalue weighted by Gasteiger charge is 2.34. The van der Waals surface area contributed by atoms with Crippen LogP contribution in [0.1, 0.15) is 12.5 Å². The molecule has 21 heavy (non-hydrogen) atoms. The van der Waals surface area contributed by atoms with E-state index in [0.717, 1.165) is 32.1 Å². The van der Waals surface area contributed by atoms with Gasteiger partial charge in [-0.3, -0.25) is 0 Å². The number of likely N-dealkylation sites (N-methyl/N-ethyl adjacent to an activating group) is 1. The van der Waals surface area contributed by atoms with E-state index in [1.54, 1.807) is 12.1 Å². The van der Waals surface area contributed by atoms with Crippen molar-refractivity contribution in [2.24, 2.45) is 0 Å². The summed E-state index contributed by atoms with van der Waals surface area (Å²) in [6, 6.07) is 5.91. The molecule has 0 aliphatic rings. The first-order valence-electron chi connectivity index (χ1n) is 6.49. The second-order valence-corrected chi connectivity index (χ2v) is 6.67. The van der Waals surface area contributed by atoms with E-state index in [-0.39, 0.29) is 4.90 Å². The van der Waals surface area contributed by atoms with Crippen molar-refractivity contribution in [3.8, 4) is 0 Å². The maximum Gasteiger partial charge on any atom is 0.402 e. The first-order valence-corrected chi connectivity index (χ1v) is 7.93. The predicted octanol–water partition coefficient (Wildman–Crippen LogP) is 2.02. The summed E-state index contributed by atoms with van der Waals surface area (Å²) in [5, 5.41) is 3.13. The minimum Gasteiger partial charge on any atom is -0.317 e. The zero-order chi connectivity index (χ0) is 16.1. The molecule has 0 radical (unpaired) electrons. The molecule has 0 spiro atoms. The van der Waals surface area contributed by atoms with Gasteiger partial charge in [0.25, 0.3) is 0 Å². The Balaban J connectivity index is 2.80. The summed E-state index contributed by atoms with van der Waals surface area (Å²) in [6.07, 6.45) is -3.83. The van der Waals surface area contributed by atoms with E-state index in [2.05, 4.69) is 5.32 Å². The fourth-order valence-corrected chi connectivity index (χ4v) is 2.91. The van der Waals surface area contributed by atoms with Crippen LogP contribution in [0.15, 0.2) is 29.2 Å². The largest absolute Gasteiger partial charge is 0.402 e. The summed E-state index contributed by atoms with van der Waals surface area (Å²) < 4.78 is 61.1. The van der Waals surface area contributed by atoms with Crippen LogP contribution in [0.2, 0.25) is 0 Å². The van der Waals surface area contributed by atoms with Gasteiger partial charge in [-0.05, 0) is 37.2 Å². The van der Waals surface area contributed by atoms with Crippen LogP contribution in [0.3, 0.4) is 0 Å². The Hall–Kier alpha value is -1.12. The fourth-order valence-electron chi connectivity index (χ4n) is 1.75. The number of rotatable bonds is 7. The van der Waals surface area contributed by atoms with Gasteiger partial charge in [0, 0.05) is 7.05 Å². The van der Waals surface area contributed by atoms with Crippen molar-refractivity contribution in [2.75, 3.05) is 26.7 Å². The van der Waals surface area contributed by atoms with Crippen LogP contribution in [0.5, 0.6) is 0 Å². The van der Waals surface area contributed by atoms with Gasteiger partial charge in [0.1, 0.15) is 6.54 Å². The van der Waals surface area contributed by atoms with Crippen molar-refractivity contribution >= 4 is 10.0 Å². The van der Waals surface area contributed by atoms with Gasteiger partial charge in [-0.25, -0.2) is 8.42 Å². The molecule has 0 unspecified atom stereocenters. The number of hydrogen-bond acceptors (Lipinski definition) is 3. The zero-order valence-corrected chi connectivity index (χ0v) is 12.8. The average Bonchev–Trinajstić information content (AvgIpc) is 2.37. The summed E-state index contributed by atoms with van der Waals surface area (Å²) in [7, 11) is -3.20. The van der Waals surface area contributed by atoms with Gasteiger partial charge in [-0.2, -0.15) is 17.5 Å². The Morgan fingerprint density at radius 1 is 1.19 bits per heavy atom. The molecule has 0 aliphatic carbocycles. The molecule has 0 amide bonds. The standard InChI is InChI=1S/C13H19F3N2O2S/c1-3-17-9-8-11-4-6-12(7-5-11)21(19,20)18(2)10-13(14,15)16/h4-7,17H,3,8-10H2,1-2H3. The predicted molar refractivity (Wildman–Crippen MR) is 74.6 cm³/mol. The SMILES string of the molecule is CCNCCc1ccc(S(=O)(=O)N(C)CC(F)(F)F)cc1. The van der Waals surface area contributed by atoms with E-state index in [1.807, 2.05) is 6.92 Å². The van der Waals surface area contributed by atoms with Crippen molar-refractivity contribution in [1.82, 2.24) is 9.62 Å². The highest BCUT2D eigenvalue weighted by Crippen LogP contribution is 2.21. The van der Waals surface area contributed by atoms with E-state index in [0.29, 0.717) is 4.31 Å². The Morgan fingerprint density at radius 2 is 1.76 bits per heavy atom. The lowest BCUT2D eigenvalue weighted by Gasteiger charge is -2.18. The monoisotopic (exact) mass is 324 g/mol. The van der Waals surface area contributed by atoms with E-state index in [4.69, 9.17) is 0 Å². The van der Waals surface area contributed by atoms with Gasteiger partial charge in [0.2, 0.25) is 10.0 Å². The smallest absolute Gasteiger partial charge is 0.317 e. The molecule has 0 fully saturated rings. The van der Waals surface area contributed by atoms with Gasteiger partial charge in [-0.15, -0.1) is 0 Å². The molecule has 0 saturated heterocycles. The molecule has 8 heteroatoms. The zero-order valence-electron chi connectivity index (χ0n) is 11.9. The van der Waals surface area contributed by atoms with Gasteiger partial charge < -0.3 is 5.32 Å². The lowest BCUT2D eigenvalue weighted by atomic mass is 10.1. The lowest BCUT2D eigenvalue weighted by Crippen LogP contribution is -2.35. The van der Waals surface area contributed by atoms with Crippen molar-refractivity contribution in [3.05, 3.63) is 29.8 Å². The van der Waals surface area contributed by atoms with Gasteiger partial charge in [0.15, 0.2) is 0 Å². The Kier molecular flexibility index (Phi) is 6.18. The summed E-state index contributed by atoms with van der Waals surface area (Å²) in [4.78, 5) is -0.138. The molecule has 1 aromatic carbocycles. The molecular formula is C13H19F3N2O2S. The number of nitrogens with one attached hydrogen (secondary N) is 1. The van der Waals surface area contributed by atoms with E-state index in [1.165, 1.54) is 12.1 Å². The molecule has 0 aliphatic heterocycles. The van der Waals surface area contributed by atoms with Gasteiger partial charge in [0.05, 0.1) is 4.90 Å². The molecule has 1 rings (SSSR count). The fraction of sp³-hybridized carbons (Fsp3) is 0.538. The topological polar surface area (TPSA) is 49.4 Å². The summed E-state index contributed by atoms with van der Waals surface area (Å²) >= 11 is 0. The van der Waals surface area contributed by atoms with E-state index >= 15 is 0 Å². The molecule has 0 bridgehead atoms. The minimum atomic E-state index is -4.56. The normalized spacial score (nSPS) is 12.9. The molecule has 0 heterocycles. The number of sulfonamides is 1. The molecule has 0 atom stereocenters. The van der Waals surface area contributed by atoms with Crippen LogP contribution >= 0.6 is 0 Å². The molecule has 0 saturated carbocycles. The molecule has 1 N–H and O–H groups in total. The lowest BCUT2D eigenvalue weighted by molar-refractivity contribution is -0.134. The summed E-state index contributed by atoms with van der Waals surface area (Å²) in [5.41, 5.74) is 0.924. The number of halogens is 3. The number of alkyl halides is 3. The Labute approximate surface area is 123 Å². The first-order chi connectivity index (χ1) is 9.66. The average molecular weight is 324 g/mol. The quantitative estimate of drug-likeness (QED) is 0.781. The van der Waals surface area contributed by atoms with Crippen LogP contribution in [-0.2, 0) is 16.4 Å². The van der Waals surface area contributed by atoms with Gasteiger partial charge in [-0.1, -0.05) is 19.1 Å². The van der Waals surface area contributed by atoms with Gasteiger partial charge >= 0.3 is 6.18 Å². The Bertz CT molecular complexity index is 542. The maximum atomic E-state index is 12.3. The van der Waals surface area contributed by atoms with Crippen molar-refractivity contribution < 1.29 is 21.6 Å². The molecule has 4 nitrogen and oxygen atoms in total.